The van der Waals surface area contributed by atoms with Crippen LogP contribution in [-0.2, 0) is 17.7 Å². The summed E-state index contributed by atoms with van der Waals surface area (Å²) in [5.41, 5.74) is 0. The topological polar surface area (TPSA) is 71.6 Å². The first-order valence-corrected chi connectivity index (χ1v) is 7.84. The van der Waals surface area contributed by atoms with Gasteiger partial charge in [0, 0.05) is 19.6 Å². The second-order valence-electron chi connectivity index (χ2n) is 6.53. The fourth-order valence-corrected chi connectivity index (χ4v) is 3.90. The predicted molar refractivity (Wildman–Crippen MR) is 76.6 cm³/mol. The molecule has 0 aliphatic heterocycles. The number of aromatic nitrogens is 2. The summed E-state index contributed by atoms with van der Waals surface area (Å²) in [7, 11) is 3.80. The molecule has 2 unspecified atom stereocenters. The van der Waals surface area contributed by atoms with Crippen molar-refractivity contribution in [2.45, 2.75) is 50.8 Å². The number of hydrogen-bond acceptors (Lipinski definition) is 6. The number of methoxy groups -OCH3 is 1. The van der Waals surface area contributed by atoms with E-state index in [9.17, 15) is 5.11 Å². The van der Waals surface area contributed by atoms with E-state index >= 15 is 0 Å². The molecule has 1 aromatic rings. The maximum Gasteiger partial charge on any atom is 0.240 e. The smallest absolute Gasteiger partial charge is 0.240 e. The summed E-state index contributed by atoms with van der Waals surface area (Å²) in [5, 5.41) is 13.7. The molecule has 2 saturated carbocycles. The molecule has 118 valence electrons. The number of ether oxygens (including phenoxy) is 1. The molecule has 2 fully saturated rings. The van der Waals surface area contributed by atoms with E-state index in [1.165, 1.54) is 12.8 Å². The SMILES string of the molecule is COCCc1noc(CN(C)C2C[C@H]3CC(O)C[C@H]3C2)n1. The number of rotatable bonds is 6. The van der Waals surface area contributed by atoms with Gasteiger partial charge >= 0.3 is 0 Å². The van der Waals surface area contributed by atoms with E-state index in [1.807, 2.05) is 0 Å². The van der Waals surface area contributed by atoms with Crippen molar-refractivity contribution in [2.24, 2.45) is 11.8 Å². The molecule has 6 nitrogen and oxygen atoms in total. The van der Waals surface area contributed by atoms with Crippen LogP contribution in [0.4, 0.5) is 0 Å². The van der Waals surface area contributed by atoms with Gasteiger partial charge in [0.1, 0.15) is 0 Å². The van der Waals surface area contributed by atoms with Crippen LogP contribution in [0.3, 0.4) is 0 Å². The molecule has 1 aromatic heterocycles. The van der Waals surface area contributed by atoms with Gasteiger partial charge in [0.15, 0.2) is 5.82 Å². The van der Waals surface area contributed by atoms with Crippen LogP contribution in [0.5, 0.6) is 0 Å². The summed E-state index contributed by atoms with van der Waals surface area (Å²) in [6.07, 6.45) is 4.96. The lowest BCUT2D eigenvalue weighted by atomic mass is 10.0. The fourth-order valence-electron chi connectivity index (χ4n) is 3.90. The minimum Gasteiger partial charge on any atom is -0.393 e. The lowest BCUT2D eigenvalue weighted by Crippen LogP contribution is -2.30. The third-order valence-electron chi connectivity index (χ3n) is 5.01. The third kappa shape index (κ3) is 3.44. The first-order valence-electron chi connectivity index (χ1n) is 7.84. The van der Waals surface area contributed by atoms with Gasteiger partial charge in [-0.05, 0) is 44.6 Å². The molecular weight excluding hydrogens is 270 g/mol. The molecular formula is C15H25N3O3. The molecule has 21 heavy (non-hydrogen) atoms. The van der Waals surface area contributed by atoms with Crippen molar-refractivity contribution in [1.82, 2.24) is 15.0 Å². The Bertz CT molecular complexity index is 451. The first-order chi connectivity index (χ1) is 10.2. The van der Waals surface area contributed by atoms with Crippen LogP contribution in [-0.4, -0.2) is 53.1 Å². The Morgan fingerprint density at radius 1 is 1.29 bits per heavy atom. The van der Waals surface area contributed by atoms with E-state index in [1.54, 1.807) is 7.11 Å². The lowest BCUT2D eigenvalue weighted by Gasteiger charge is -2.23. The molecule has 0 radical (unpaired) electrons. The summed E-state index contributed by atoms with van der Waals surface area (Å²) in [4.78, 5) is 6.72. The number of aliphatic hydroxyl groups excluding tert-OH is 1. The highest BCUT2D eigenvalue weighted by atomic mass is 16.5. The molecule has 0 amide bonds. The molecule has 0 bridgehead atoms. The Kier molecular flexibility index (Phi) is 4.57. The Labute approximate surface area is 125 Å². The van der Waals surface area contributed by atoms with Crippen molar-refractivity contribution in [1.29, 1.82) is 0 Å². The molecule has 1 heterocycles. The zero-order valence-corrected chi connectivity index (χ0v) is 12.9. The number of nitrogens with zero attached hydrogens (tertiary/aromatic N) is 3. The standard InChI is InChI=1S/C15H25N3O3/c1-18(9-15-16-14(17-21-15)3-4-20-2)12-5-10-7-13(19)8-11(10)6-12/h10-13,19H,3-9H2,1-2H3/t10-,11+,12?,13?. The van der Waals surface area contributed by atoms with Crippen molar-refractivity contribution >= 4 is 0 Å². The van der Waals surface area contributed by atoms with Crippen LogP contribution in [0.1, 0.15) is 37.4 Å². The second-order valence-corrected chi connectivity index (χ2v) is 6.53. The van der Waals surface area contributed by atoms with Crippen LogP contribution < -0.4 is 0 Å². The lowest BCUT2D eigenvalue weighted by molar-refractivity contribution is 0.153. The zero-order chi connectivity index (χ0) is 14.8. The van der Waals surface area contributed by atoms with Gasteiger partial charge in [0.25, 0.3) is 0 Å². The first kappa shape index (κ1) is 14.9. The van der Waals surface area contributed by atoms with Gasteiger partial charge in [-0.15, -0.1) is 0 Å². The highest BCUT2D eigenvalue weighted by molar-refractivity contribution is 4.96. The van der Waals surface area contributed by atoms with Crippen LogP contribution in [0.2, 0.25) is 0 Å². The minimum absolute atomic E-state index is 0.0643. The van der Waals surface area contributed by atoms with Crippen molar-refractivity contribution in [3.05, 3.63) is 11.7 Å². The van der Waals surface area contributed by atoms with Gasteiger partial charge in [-0.1, -0.05) is 5.16 Å². The maximum absolute atomic E-state index is 9.71. The van der Waals surface area contributed by atoms with E-state index in [0.29, 0.717) is 49.2 Å². The van der Waals surface area contributed by atoms with E-state index in [4.69, 9.17) is 9.26 Å². The van der Waals surface area contributed by atoms with Gasteiger partial charge < -0.3 is 14.4 Å². The molecule has 2 aliphatic carbocycles. The summed E-state index contributed by atoms with van der Waals surface area (Å²) in [5.74, 6) is 2.80. The molecule has 0 aromatic carbocycles. The molecule has 3 rings (SSSR count). The van der Waals surface area contributed by atoms with Crippen LogP contribution >= 0.6 is 0 Å². The predicted octanol–water partition coefficient (Wildman–Crippen LogP) is 1.24. The molecule has 2 aliphatic rings. The second kappa shape index (κ2) is 6.42. The number of fused-ring (bicyclic) bond motifs is 1. The van der Waals surface area contributed by atoms with Crippen molar-refractivity contribution in [3.8, 4) is 0 Å². The van der Waals surface area contributed by atoms with Crippen molar-refractivity contribution in [2.75, 3.05) is 20.8 Å². The minimum atomic E-state index is -0.0643. The average molecular weight is 295 g/mol. The molecule has 0 spiro atoms. The van der Waals surface area contributed by atoms with Gasteiger partial charge in [-0.2, -0.15) is 4.98 Å². The molecule has 1 N–H and O–H groups in total. The third-order valence-corrected chi connectivity index (χ3v) is 5.01. The van der Waals surface area contributed by atoms with Crippen molar-refractivity contribution in [3.63, 3.8) is 0 Å². The highest BCUT2D eigenvalue weighted by Crippen LogP contribution is 2.45. The molecule has 0 saturated heterocycles. The Hall–Kier alpha value is -0.980. The largest absolute Gasteiger partial charge is 0.393 e. The summed E-state index contributed by atoms with van der Waals surface area (Å²) < 4.78 is 10.3. The van der Waals surface area contributed by atoms with Crippen molar-refractivity contribution < 1.29 is 14.4 Å². The van der Waals surface area contributed by atoms with E-state index in [-0.39, 0.29) is 6.10 Å². The fraction of sp³-hybridized carbons (Fsp3) is 0.867. The zero-order valence-electron chi connectivity index (χ0n) is 12.9. The maximum atomic E-state index is 9.71. The Balaban J connectivity index is 1.50. The van der Waals surface area contributed by atoms with Crippen LogP contribution in [0.15, 0.2) is 4.52 Å². The Morgan fingerprint density at radius 3 is 2.67 bits per heavy atom. The number of hydrogen-bond donors (Lipinski definition) is 1. The van der Waals surface area contributed by atoms with E-state index in [0.717, 1.165) is 12.8 Å². The van der Waals surface area contributed by atoms with Gasteiger partial charge in [-0.25, -0.2) is 0 Å². The Morgan fingerprint density at radius 2 is 2.00 bits per heavy atom. The van der Waals surface area contributed by atoms with Gasteiger partial charge in [0.2, 0.25) is 5.89 Å². The average Bonchev–Trinajstić information content (AvgIpc) is 3.10. The van der Waals surface area contributed by atoms with E-state index in [2.05, 4.69) is 22.1 Å². The number of aliphatic hydroxyl groups is 1. The summed E-state index contributed by atoms with van der Waals surface area (Å²) in [6.45, 7) is 1.32. The molecule has 4 atom stereocenters. The normalized spacial score (nSPS) is 32.0. The summed E-state index contributed by atoms with van der Waals surface area (Å²) >= 11 is 0. The highest BCUT2D eigenvalue weighted by Gasteiger charge is 2.42. The molecule has 6 heteroatoms. The van der Waals surface area contributed by atoms with Crippen LogP contribution in [0, 0.1) is 11.8 Å². The quantitative estimate of drug-likeness (QED) is 0.851. The van der Waals surface area contributed by atoms with Gasteiger partial charge in [-0.3, -0.25) is 4.90 Å². The van der Waals surface area contributed by atoms with E-state index < -0.39 is 0 Å². The monoisotopic (exact) mass is 295 g/mol. The van der Waals surface area contributed by atoms with Crippen LogP contribution in [0.25, 0.3) is 0 Å². The van der Waals surface area contributed by atoms with Gasteiger partial charge in [0.05, 0.1) is 19.3 Å². The summed E-state index contributed by atoms with van der Waals surface area (Å²) in [6, 6.07) is 0.571.